The van der Waals surface area contributed by atoms with E-state index in [2.05, 4.69) is 36.2 Å². The fraction of sp³-hybridized carbons (Fsp3) is 0.467. The van der Waals surface area contributed by atoms with Crippen LogP contribution in [0, 0.1) is 6.92 Å². The number of fused-ring (bicyclic) bond motifs is 1. The van der Waals surface area contributed by atoms with Gasteiger partial charge >= 0.3 is 6.09 Å². The van der Waals surface area contributed by atoms with E-state index in [9.17, 15) is 14.4 Å². The van der Waals surface area contributed by atoms with Crippen LogP contribution < -0.4 is 15.5 Å². The predicted molar refractivity (Wildman–Crippen MR) is 162 cm³/mol. The van der Waals surface area contributed by atoms with Crippen LogP contribution in [0.3, 0.4) is 0 Å². The molecule has 3 aromatic rings. The molecular weight excluding hydrogens is 566 g/mol. The quantitative estimate of drug-likeness (QED) is 0.364. The summed E-state index contributed by atoms with van der Waals surface area (Å²) in [6.07, 6.45) is 7.14. The average Bonchev–Trinajstić information content (AvgIpc) is 3.39. The van der Waals surface area contributed by atoms with Crippen LogP contribution in [-0.4, -0.2) is 112 Å². The van der Waals surface area contributed by atoms with Gasteiger partial charge in [0.25, 0.3) is 0 Å². The first-order chi connectivity index (χ1) is 21.3. The number of aryl methyl sites for hydroxylation is 1. The SMILES string of the molecule is C/C=C/C(=O)NCC(=O)N1CCC12CN(Cc1cc3c(N4CCOCC4)nc(-c4cnc(NC(=O)OC)cc4C)nn3c1)C2. The lowest BCUT2D eigenvalue weighted by Gasteiger charge is -2.62. The van der Waals surface area contributed by atoms with E-state index in [1.54, 1.807) is 25.3 Å². The first kappa shape index (κ1) is 29.5. The van der Waals surface area contributed by atoms with Gasteiger partial charge in [-0.25, -0.2) is 19.3 Å². The number of aromatic nitrogens is 4. The number of carbonyl (C=O) groups excluding carboxylic acids is 3. The van der Waals surface area contributed by atoms with Crippen molar-refractivity contribution in [1.29, 1.82) is 0 Å². The Bertz CT molecular complexity index is 1610. The second kappa shape index (κ2) is 12.2. The number of likely N-dealkylation sites (tertiary alicyclic amines) is 2. The van der Waals surface area contributed by atoms with E-state index in [0.29, 0.717) is 24.9 Å². The molecule has 3 aromatic heterocycles. The zero-order chi connectivity index (χ0) is 30.8. The van der Waals surface area contributed by atoms with Crippen LogP contribution in [0.4, 0.5) is 16.4 Å². The molecule has 6 rings (SSSR count). The van der Waals surface area contributed by atoms with Crippen LogP contribution in [0.1, 0.15) is 24.5 Å². The van der Waals surface area contributed by atoms with Crippen molar-refractivity contribution in [3.8, 4) is 11.4 Å². The van der Waals surface area contributed by atoms with Crippen molar-refractivity contribution < 1.29 is 23.9 Å². The molecule has 44 heavy (non-hydrogen) atoms. The Balaban J connectivity index is 1.19. The maximum atomic E-state index is 12.8. The number of nitrogens with one attached hydrogen (secondary N) is 2. The normalized spacial score (nSPS) is 17.9. The van der Waals surface area contributed by atoms with Crippen molar-refractivity contribution in [3.63, 3.8) is 0 Å². The molecule has 2 N–H and O–H groups in total. The van der Waals surface area contributed by atoms with Crippen molar-refractivity contribution in [2.24, 2.45) is 0 Å². The first-order valence-electron chi connectivity index (χ1n) is 14.8. The molecule has 1 spiro atoms. The largest absolute Gasteiger partial charge is 0.453 e. The van der Waals surface area contributed by atoms with Crippen molar-refractivity contribution in [3.05, 3.63) is 47.8 Å². The summed E-state index contributed by atoms with van der Waals surface area (Å²) < 4.78 is 12.1. The summed E-state index contributed by atoms with van der Waals surface area (Å²) >= 11 is 0. The molecule has 3 fully saturated rings. The summed E-state index contributed by atoms with van der Waals surface area (Å²) in [7, 11) is 1.30. The third kappa shape index (κ3) is 5.82. The maximum absolute atomic E-state index is 12.8. The standard InChI is InChI=1S/C30H37N9O5/c1-4-5-25(40)32-15-26(41)38-7-6-30(38)18-36(19-30)16-21-13-23-28(37-8-10-44-11-9-37)34-27(35-39(23)17-21)22-14-31-24(12-20(22)2)33-29(42)43-3/h4-5,12-14,17H,6-11,15-16,18-19H2,1-3H3,(H,32,40)(H,31,33,42)/b5-4+. The van der Waals surface area contributed by atoms with E-state index in [1.165, 1.54) is 13.2 Å². The van der Waals surface area contributed by atoms with Gasteiger partial charge in [0.1, 0.15) is 11.3 Å². The molecule has 0 radical (unpaired) electrons. The summed E-state index contributed by atoms with van der Waals surface area (Å²) in [6, 6.07) is 3.90. The monoisotopic (exact) mass is 603 g/mol. The lowest BCUT2D eigenvalue weighted by molar-refractivity contribution is -0.166. The summed E-state index contributed by atoms with van der Waals surface area (Å²) in [5.74, 6) is 1.45. The lowest BCUT2D eigenvalue weighted by Crippen LogP contribution is -2.78. The highest BCUT2D eigenvalue weighted by Gasteiger charge is 2.54. The number of pyridine rings is 1. The first-order valence-corrected chi connectivity index (χ1v) is 14.8. The molecule has 0 bridgehead atoms. The topological polar surface area (TPSA) is 147 Å². The molecular formula is C30H37N9O5. The van der Waals surface area contributed by atoms with Gasteiger partial charge < -0.3 is 24.6 Å². The summed E-state index contributed by atoms with van der Waals surface area (Å²) in [5, 5.41) is 10.1. The van der Waals surface area contributed by atoms with Crippen molar-refractivity contribution in [2.45, 2.75) is 32.4 Å². The Labute approximate surface area is 255 Å². The molecule has 3 saturated heterocycles. The fourth-order valence-corrected chi connectivity index (χ4v) is 6.14. The number of hydrogen-bond donors (Lipinski definition) is 2. The van der Waals surface area contributed by atoms with Crippen molar-refractivity contribution in [1.82, 2.24) is 34.7 Å². The number of allylic oxidation sites excluding steroid dienone is 1. The fourth-order valence-electron chi connectivity index (χ4n) is 6.14. The van der Waals surface area contributed by atoms with Gasteiger partial charge in [0, 0.05) is 57.2 Å². The predicted octanol–water partition coefficient (Wildman–Crippen LogP) is 1.59. The number of amides is 3. The third-order valence-corrected chi connectivity index (χ3v) is 8.43. The van der Waals surface area contributed by atoms with E-state index in [1.807, 2.05) is 22.5 Å². The highest BCUT2D eigenvalue weighted by Crippen LogP contribution is 2.40. The summed E-state index contributed by atoms with van der Waals surface area (Å²) in [5.41, 5.74) is 3.48. The van der Waals surface area contributed by atoms with E-state index >= 15 is 0 Å². The third-order valence-electron chi connectivity index (χ3n) is 8.43. The zero-order valence-electron chi connectivity index (χ0n) is 25.2. The molecule has 0 atom stereocenters. The molecule has 14 nitrogen and oxygen atoms in total. The Morgan fingerprint density at radius 3 is 2.64 bits per heavy atom. The van der Waals surface area contributed by atoms with Crippen LogP contribution in [0.15, 0.2) is 36.7 Å². The molecule has 3 aliphatic rings. The van der Waals surface area contributed by atoms with Crippen molar-refractivity contribution >= 4 is 35.1 Å². The number of rotatable bonds is 8. The molecule has 3 amide bonds. The van der Waals surface area contributed by atoms with Crippen LogP contribution in [0.25, 0.3) is 16.9 Å². The molecule has 6 heterocycles. The minimum absolute atomic E-state index is 0.0145. The second-order valence-corrected chi connectivity index (χ2v) is 11.4. The van der Waals surface area contributed by atoms with Gasteiger partial charge in [-0.2, -0.15) is 0 Å². The van der Waals surface area contributed by atoms with E-state index < -0.39 is 6.09 Å². The molecule has 3 aliphatic heterocycles. The zero-order valence-corrected chi connectivity index (χ0v) is 25.2. The van der Waals surface area contributed by atoms with Crippen molar-refractivity contribution in [2.75, 3.05) is 69.8 Å². The number of nitrogens with zero attached hydrogens (tertiary/aromatic N) is 7. The Hall–Kier alpha value is -4.56. The van der Waals surface area contributed by atoms with Gasteiger partial charge in [-0.15, -0.1) is 5.10 Å². The molecule has 0 unspecified atom stereocenters. The van der Waals surface area contributed by atoms with Crippen LogP contribution in [-0.2, 0) is 25.6 Å². The highest BCUT2D eigenvalue weighted by molar-refractivity contribution is 5.91. The molecule has 232 valence electrons. The molecule has 0 aliphatic carbocycles. The minimum Gasteiger partial charge on any atom is -0.453 e. The smallest absolute Gasteiger partial charge is 0.412 e. The van der Waals surface area contributed by atoms with Gasteiger partial charge in [0.05, 0.1) is 32.4 Å². The summed E-state index contributed by atoms with van der Waals surface area (Å²) in [4.78, 5) is 52.0. The Kier molecular flexibility index (Phi) is 8.19. The number of morpholine rings is 1. The van der Waals surface area contributed by atoms with Crippen LogP contribution in [0.5, 0.6) is 0 Å². The maximum Gasteiger partial charge on any atom is 0.412 e. The van der Waals surface area contributed by atoms with Crippen LogP contribution in [0.2, 0.25) is 0 Å². The second-order valence-electron chi connectivity index (χ2n) is 11.4. The van der Waals surface area contributed by atoms with E-state index in [4.69, 9.17) is 14.8 Å². The van der Waals surface area contributed by atoms with E-state index in [0.717, 1.165) is 73.7 Å². The molecule has 0 aromatic carbocycles. The highest BCUT2D eigenvalue weighted by atomic mass is 16.5. The number of methoxy groups -OCH3 is 1. The van der Waals surface area contributed by atoms with Crippen LogP contribution >= 0.6 is 0 Å². The van der Waals surface area contributed by atoms with Gasteiger partial charge in [-0.05, 0) is 49.6 Å². The lowest BCUT2D eigenvalue weighted by atomic mass is 9.77. The van der Waals surface area contributed by atoms with Gasteiger partial charge in [-0.3, -0.25) is 19.8 Å². The number of hydrogen-bond acceptors (Lipinski definition) is 10. The van der Waals surface area contributed by atoms with Gasteiger partial charge in [-0.1, -0.05) is 6.08 Å². The average molecular weight is 604 g/mol. The molecule has 14 heteroatoms. The summed E-state index contributed by atoms with van der Waals surface area (Å²) in [6.45, 7) is 9.41. The number of carbonyl (C=O) groups is 3. The number of ether oxygens (including phenoxy) is 2. The van der Waals surface area contributed by atoms with E-state index in [-0.39, 0.29) is 23.9 Å². The Morgan fingerprint density at radius 2 is 1.95 bits per heavy atom. The van der Waals surface area contributed by atoms with Gasteiger partial charge in [0.15, 0.2) is 11.6 Å². The number of anilines is 2. The van der Waals surface area contributed by atoms with Gasteiger partial charge in [0.2, 0.25) is 11.8 Å². The minimum atomic E-state index is -0.588. The Morgan fingerprint density at radius 1 is 1.16 bits per heavy atom. The molecule has 0 saturated carbocycles.